The minimum atomic E-state index is -1.13. The summed E-state index contributed by atoms with van der Waals surface area (Å²) in [7, 11) is 5.40. The van der Waals surface area contributed by atoms with E-state index in [1.807, 2.05) is 0 Å². The lowest BCUT2D eigenvalue weighted by molar-refractivity contribution is -0.889. The molecule has 63 heavy (non-hydrogen) atoms. The maximum Gasteiger partial charge on any atom is 0.306 e. The smallest absolute Gasteiger partial charge is 0.306 e. The maximum atomic E-state index is 12.7. The second kappa shape index (κ2) is 45.8. The number of unbranched alkanes of at least 4 members (excludes halogenated alkanes) is 25. The second-order valence-electron chi connectivity index (χ2n) is 18.8. The van der Waals surface area contributed by atoms with Crippen molar-refractivity contribution < 1.29 is 38.2 Å². The van der Waals surface area contributed by atoms with Crippen LogP contribution in [0, 0.1) is 0 Å². The Morgan fingerprint density at radius 2 is 0.857 bits per heavy atom. The highest BCUT2D eigenvalue weighted by molar-refractivity contribution is 5.70. The lowest BCUT2D eigenvalue weighted by Gasteiger charge is -2.34. The van der Waals surface area contributed by atoms with Gasteiger partial charge in [-0.3, -0.25) is 9.59 Å². The molecule has 0 heterocycles. The van der Waals surface area contributed by atoms with Crippen molar-refractivity contribution in [2.45, 2.75) is 244 Å². The number of esters is 2. The molecule has 2 atom stereocenters. The van der Waals surface area contributed by atoms with Gasteiger partial charge in [0.25, 0.3) is 0 Å². The number of hydrogen-bond acceptors (Lipinski definition) is 7. The molecule has 0 aliphatic heterocycles. The molecule has 0 aromatic heterocycles. The van der Waals surface area contributed by atoms with Gasteiger partial charge in [-0.2, -0.15) is 0 Å². The van der Waals surface area contributed by atoms with Gasteiger partial charge in [-0.05, 0) is 70.6 Å². The summed E-state index contributed by atoms with van der Waals surface area (Å²) in [5.74, 6) is -1.80. The summed E-state index contributed by atoms with van der Waals surface area (Å²) in [4.78, 5) is 37.0. The first-order valence-corrected chi connectivity index (χ1v) is 26.2. The summed E-state index contributed by atoms with van der Waals surface area (Å²) < 4.78 is 17.2. The number of rotatable bonds is 47. The molecule has 0 aliphatic rings. The summed E-state index contributed by atoms with van der Waals surface area (Å²) in [5, 5.41) is 11.7. The number of nitrogens with zero attached hydrogens (tertiary/aromatic N) is 1. The van der Waals surface area contributed by atoms with Crippen LogP contribution in [0.3, 0.4) is 0 Å². The molecule has 0 saturated heterocycles. The summed E-state index contributed by atoms with van der Waals surface area (Å²) >= 11 is 0. The zero-order valence-electron chi connectivity index (χ0n) is 41.7. The van der Waals surface area contributed by atoms with E-state index in [4.69, 9.17) is 14.2 Å². The number of hydrogen-bond donors (Lipinski definition) is 0. The van der Waals surface area contributed by atoms with Gasteiger partial charge in [0.05, 0.1) is 40.3 Å². The molecule has 8 heteroatoms. The third kappa shape index (κ3) is 44.3. The van der Waals surface area contributed by atoms with Crippen molar-refractivity contribution in [3.63, 3.8) is 0 Å². The van der Waals surface area contributed by atoms with Gasteiger partial charge in [-0.1, -0.05) is 191 Å². The van der Waals surface area contributed by atoms with Crippen LogP contribution in [-0.4, -0.2) is 75.5 Å². The van der Waals surface area contributed by atoms with E-state index in [1.54, 1.807) is 21.1 Å². The molecule has 0 fully saturated rings. The van der Waals surface area contributed by atoms with Crippen molar-refractivity contribution in [3.8, 4) is 0 Å². The lowest BCUT2D eigenvalue weighted by Crippen LogP contribution is -2.55. The molecule has 0 aromatic rings. The fourth-order valence-corrected chi connectivity index (χ4v) is 7.61. The first-order chi connectivity index (χ1) is 30.6. The van der Waals surface area contributed by atoms with Gasteiger partial charge in [-0.25, -0.2) is 0 Å². The molecule has 2 unspecified atom stereocenters. The van der Waals surface area contributed by atoms with Crippen molar-refractivity contribution in [2.75, 3.05) is 41.0 Å². The molecule has 0 bridgehead atoms. The average Bonchev–Trinajstić information content (AvgIpc) is 3.24. The molecule has 366 valence electrons. The highest BCUT2D eigenvalue weighted by atomic mass is 16.6. The highest BCUT2D eigenvalue weighted by Crippen LogP contribution is 2.15. The normalized spacial score (nSPS) is 13.2. The summed E-state index contributed by atoms with van der Waals surface area (Å²) in [6, 6.07) is -0.736. The third-order valence-electron chi connectivity index (χ3n) is 11.7. The molecule has 0 saturated carbocycles. The summed E-state index contributed by atoms with van der Waals surface area (Å²) in [6.45, 7) is 4.62. The monoisotopic (exact) mass is 886 g/mol. The molecule has 0 aromatic carbocycles. The van der Waals surface area contributed by atoms with Crippen LogP contribution in [0.15, 0.2) is 48.6 Å². The third-order valence-corrected chi connectivity index (χ3v) is 11.7. The highest BCUT2D eigenvalue weighted by Gasteiger charge is 2.25. The number of ether oxygens (including phenoxy) is 3. The fourth-order valence-electron chi connectivity index (χ4n) is 7.61. The van der Waals surface area contributed by atoms with Crippen LogP contribution in [0.5, 0.6) is 0 Å². The van der Waals surface area contributed by atoms with Crippen molar-refractivity contribution >= 4 is 17.9 Å². The van der Waals surface area contributed by atoms with E-state index >= 15 is 0 Å². The predicted octanol–water partition coefficient (Wildman–Crippen LogP) is 13.8. The fraction of sp³-hybridized carbons (Fsp3) is 0.800. The van der Waals surface area contributed by atoms with E-state index in [1.165, 1.54) is 154 Å². The molecule has 0 rings (SSSR count). The first-order valence-electron chi connectivity index (χ1n) is 26.2. The second-order valence-corrected chi connectivity index (χ2v) is 18.8. The lowest BCUT2D eigenvalue weighted by atomic mass is 10.0. The quantitative estimate of drug-likeness (QED) is 0.0259. The van der Waals surface area contributed by atoms with E-state index in [0.717, 1.165) is 38.5 Å². The average molecular weight is 886 g/mol. The van der Waals surface area contributed by atoms with E-state index < -0.39 is 18.1 Å². The van der Waals surface area contributed by atoms with E-state index in [-0.39, 0.29) is 49.1 Å². The first kappa shape index (κ1) is 60.3. The number of carboxylic acid groups (broad SMARTS) is 1. The minimum absolute atomic E-state index is 0.0194. The molecule has 0 aliphatic carbocycles. The van der Waals surface area contributed by atoms with Gasteiger partial charge in [-0.15, -0.1) is 0 Å². The van der Waals surface area contributed by atoms with Crippen molar-refractivity contribution in [1.29, 1.82) is 0 Å². The van der Waals surface area contributed by atoms with E-state index in [9.17, 15) is 19.5 Å². The SMILES string of the molecule is CCCCCCCC/C=C/C/C=C/C/C=C/CCCC(=O)OC(COCCC(C(=O)[O-])[N+](C)(C)C)COC(=O)CCCCCCCCC/C=C/CCCCCCCCCCCCC. The topological polar surface area (TPSA) is 102 Å². The summed E-state index contributed by atoms with van der Waals surface area (Å²) in [6.07, 6.45) is 55.8. The number of quaternary nitrogens is 1. The number of carbonyl (C=O) groups excluding carboxylic acids is 3. The van der Waals surface area contributed by atoms with Gasteiger partial charge in [0.15, 0.2) is 6.10 Å². The standard InChI is InChI=1S/C55H99NO7/c1-6-8-10-12-14-16-18-20-22-24-25-26-27-28-30-31-33-35-37-39-41-43-45-53(57)62-50-51(49-61-48-47-52(55(59)60)56(3,4)5)63-54(58)46-44-42-40-38-36-34-32-29-23-21-19-17-15-13-11-9-7-2/h21,23,27-28,32,34,38,40,51-52H,6-20,22,24-26,29-31,33,35-37,39,41-50H2,1-5H3/b23-21+,28-27+,34-32+,40-38+. The van der Waals surface area contributed by atoms with Crippen LogP contribution in [-0.2, 0) is 28.6 Å². The van der Waals surface area contributed by atoms with Gasteiger partial charge >= 0.3 is 11.9 Å². The predicted molar refractivity (Wildman–Crippen MR) is 263 cm³/mol. The van der Waals surface area contributed by atoms with Crippen molar-refractivity contribution in [2.24, 2.45) is 0 Å². The van der Waals surface area contributed by atoms with Gasteiger partial charge in [0.2, 0.25) is 0 Å². The maximum absolute atomic E-state index is 12.7. The number of carbonyl (C=O) groups is 3. The Morgan fingerprint density at radius 1 is 0.476 bits per heavy atom. The van der Waals surface area contributed by atoms with Crippen molar-refractivity contribution in [3.05, 3.63) is 48.6 Å². The Balaban J connectivity index is 4.28. The molecular weight excluding hydrogens is 787 g/mol. The van der Waals surface area contributed by atoms with Crippen LogP contribution in [0.25, 0.3) is 0 Å². The molecular formula is C55H99NO7. The molecule has 8 nitrogen and oxygen atoms in total. The van der Waals surface area contributed by atoms with Gasteiger partial charge in [0.1, 0.15) is 12.6 Å². The van der Waals surface area contributed by atoms with Gasteiger partial charge < -0.3 is 28.6 Å². The minimum Gasteiger partial charge on any atom is -0.544 e. The Kier molecular flexibility index (Phi) is 43.9. The number of carboxylic acids is 1. The number of aliphatic carboxylic acids is 1. The number of likely N-dealkylation sites (N-methyl/N-ethyl adjacent to an activating group) is 1. The molecule has 0 amide bonds. The van der Waals surface area contributed by atoms with Crippen LogP contribution >= 0.6 is 0 Å². The van der Waals surface area contributed by atoms with Crippen LogP contribution in [0.2, 0.25) is 0 Å². The number of allylic oxidation sites excluding steroid dienone is 8. The zero-order valence-corrected chi connectivity index (χ0v) is 41.7. The van der Waals surface area contributed by atoms with Crippen LogP contribution < -0.4 is 5.11 Å². The van der Waals surface area contributed by atoms with Crippen LogP contribution in [0.1, 0.15) is 232 Å². The van der Waals surface area contributed by atoms with Crippen LogP contribution in [0.4, 0.5) is 0 Å². The molecule has 0 radical (unpaired) electrons. The summed E-state index contributed by atoms with van der Waals surface area (Å²) in [5.41, 5.74) is 0. The van der Waals surface area contributed by atoms with Gasteiger partial charge in [0, 0.05) is 19.3 Å². The zero-order chi connectivity index (χ0) is 46.3. The Bertz CT molecular complexity index is 1170. The Labute approximate surface area is 388 Å². The largest absolute Gasteiger partial charge is 0.544 e. The Hall–Kier alpha value is -2.71. The van der Waals surface area contributed by atoms with Crippen molar-refractivity contribution in [1.82, 2.24) is 0 Å². The van der Waals surface area contributed by atoms with E-state index in [0.29, 0.717) is 12.8 Å². The van der Waals surface area contributed by atoms with E-state index in [2.05, 4.69) is 62.5 Å². The Morgan fingerprint density at radius 3 is 1.30 bits per heavy atom. The molecule has 0 N–H and O–H groups in total. The molecule has 0 spiro atoms.